The average molecular weight is 405 g/mol. The number of rotatable bonds is 4. The molecule has 1 aliphatic heterocycles. The molecule has 4 rings (SSSR count). The van der Waals surface area contributed by atoms with Gasteiger partial charge in [-0.15, -0.1) is 0 Å². The van der Waals surface area contributed by atoms with E-state index in [0.717, 1.165) is 60.3 Å². The monoisotopic (exact) mass is 404 g/mol. The number of Topliss-reactive ketones (excluding diaryl/α,β-unsaturated/α-hetero) is 2. The van der Waals surface area contributed by atoms with E-state index in [9.17, 15) is 9.59 Å². The van der Waals surface area contributed by atoms with Crippen LogP contribution in [0.25, 0.3) is 11.1 Å². The van der Waals surface area contributed by atoms with Crippen LogP contribution in [0.15, 0.2) is 36.4 Å². The van der Waals surface area contributed by atoms with Crippen LogP contribution in [0.1, 0.15) is 60.3 Å². The molecular formula is C27H32O3. The third-order valence-electron chi connectivity index (χ3n) is 6.90. The van der Waals surface area contributed by atoms with E-state index in [1.54, 1.807) is 0 Å². The standard InChI is InChI=1S/C27H32O3/c1-17-4-6-22(7-5-17)23-12-18(2)26(19(3)13-23)27-24(28)15-21(16-25(27)29)14-20-8-10-30-11-9-20/h4-7,12-13,20-21,27H,8-11,14-16H2,1-3H3. The minimum Gasteiger partial charge on any atom is -0.381 e. The van der Waals surface area contributed by atoms with E-state index in [1.165, 1.54) is 5.56 Å². The van der Waals surface area contributed by atoms with Crippen LogP contribution in [0.4, 0.5) is 0 Å². The summed E-state index contributed by atoms with van der Waals surface area (Å²) in [4.78, 5) is 26.2. The highest BCUT2D eigenvalue weighted by Crippen LogP contribution is 2.38. The van der Waals surface area contributed by atoms with Crippen LogP contribution in [0.5, 0.6) is 0 Å². The zero-order valence-corrected chi connectivity index (χ0v) is 18.4. The number of aryl methyl sites for hydroxylation is 3. The highest BCUT2D eigenvalue weighted by atomic mass is 16.5. The molecule has 3 nitrogen and oxygen atoms in total. The van der Waals surface area contributed by atoms with Gasteiger partial charge in [-0.25, -0.2) is 0 Å². The van der Waals surface area contributed by atoms with E-state index in [0.29, 0.717) is 18.8 Å². The third-order valence-corrected chi connectivity index (χ3v) is 6.90. The van der Waals surface area contributed by atoms with Gasteiger partial charge in [0.2, 0.25) is 0 Å². The predicted molar refractivity (Wildman–Crippen MR) is 120 cm³/mol. The van der Waals surface area contributed by atoms with Crippen molar-refractivity contribution in [3.8, 4) is 11.1 Å². The summed E-state index contributed by atoms with van der Waals surface area (Å²) in [5.74, 6) is 0.438. The molecule has 0 amide bonds. The van der Waals surface area contributed by atoms with Crippen LogP contribution in [0, 0.1) is 32.6 Å². The van der Waals surface area contributed by atoms with E-state index < -0.39 is 5.92 Å². The first-order valence-corrected chi connectivity index (χ1v) is 11.2. The summed E-state index contributed by atoms with van der Waals surface area (Å²) in [6.07, 6.45) is 4.17. The predicted octanol–water partition coefficient (Wildman–Crippen LogP) is 5.73. The normalized spacial score (nSPS) is 23.0. The molecule has 2 fully saturated rings. The SMILES string of the molecule is Cc1ccc(-c2cc(C)c(C3C(=O)CC(CC4CCOCC4)CC3=O)c(C)c2)cc1. The van der Waals surface area contributed by atoms with Crippen LogP contribution >= 0.6 is 0 Å². The Balaban J connectivity index is 1.54. The maximum Gasteiger partial charge on any atom is 0.148 e. The minimum absolute atomic E-state index is 0.109. The molecule has 0 atom stereocenters. The Morgan fingerprint density at radius 3 is 1.93 bits per heavy atom. The molecule has 1 aliphatic carbocycles. The van der Waals surface area contributed by atoms with E-state index in [4.69, 9.17) is 4.74 Å². The van der Waals surface area contributed by atoms with Gasteiger partial charge in [-0.05, 0) is 79.7 Å². The number of carbonyl (C=O) groups excluding carboxylic acids is 2. The van der Waals surface area contributed by atoms with Crippen molar-refractivity contribution in [2.45, 2.75) is 58.8 Å². The van der Waals surface area contributed by atoms with Gasteiger partial charge in [0.15, 0.2) is 0 Å². The highest BCUT2D eigenvalue weighted by Gasteiger charge is 2.38. The van der Waals surface area contributed by atoms with Crippen LogP contribution in [-0.4, -0.2) is 24.8 Å². The number of hydrogen-bond donors (Lipinski definition) is 0. The first-order chi connectivity index (χ1) is 14.4. The first kappa shape index (κ1) is 21.0. The quantitative estimate of drug-likeness (QED) is 0.612. The lowest BCUT2D eigenvalue weighted by molar-refractivity contribution is -0.134. The molecule has 158 valence electrons. The molecular weight excluding hydrogens is 372 g/mol. The molecule has 2 aromatic carbocycles. The molecule has 2 aromatic rings. The van der Waals surface area contributed by atoms with Crippen molar-refractivity contribution in [3.63, 3.8) is 0 Å². The van der Waals surface area contributed by atoms with Crippen LogP contribution < -0.4 is 0 Å². The largest absolute Gasteiger partial charge is 0.381 e. The van der Waals surface area contributed by atoms with E-state index >= 15 is 0 Å². The van der Waals surface area contributed by atoms with Crippen LogP contribution in [0.3, 0.4) is 0 Å². The number of ketones is 2. The molecule has 0 bridgehead atoms. The summed E-state index contributed by atoms with van der Waals surface area (Å²) in [6.45, 7) is 7.78. The molecule has 0 N–H and O–H groups in total. The maximum atomic E-state index is 13.1. The summed E-state index contributed by atoms with van der Waals surface area (Å²) in [5.41, 5.74) is 6.56. The molecule has 1 heterocycles. The Labute approximate surface area is 179 Å². The second-order valence-electron chi connectivity index (χ2n) is 9.32. The zero-order chi connectivity index (χ0) is 21.3. The lowest BCUT2D eigenvalue weighted by atomic mass is 9.71. The summed E-state index contributed by atoms with van der Waals surface area (Å²) in [5, 5.41) is 0. The third kappa shape index (κ3) is 4.41. The van der Waals surface area contributed by atoms with Crippen molar-refractivity contribution in [1.29, 1.82) is 0 Å². The van der Waals surface area contributed by atoms with Gasteiger partial charge in [-0.3, -0.25) is 9.59 Å². The van der Waals surface area contributed by atoms with Crippen molar-refractivity contribution >= 4 is 11.6 Å². The number of hydrogen-bond acceptors (Lipinski definition) is 3. The Hall–Kier alpha value is -2.26. The first-order valence-electron chi connectivity index (χ1n) is 11.2. The van der Waals surface area contributed by atoms with Crippen LogP contribution in [-0.2, 0) is 14.3 Å². The fourth-order valence-electron chi connectivity index (χ4n) is 5.34. The van der Waals surface area contributed by atoms with Gasteiger partial charge in [0.05, 0.1) is 0 Å². The van der Waals surface area contributed by atoms with Gasteiger partial charge in [0.1, 0.15) is 17.5 Å². The number of carbonyl (C=O) groups is 2. The lowest BCUT2D eigenvalue weighted by Crippen LogP contribution is -2.34. The summed E-state index contributed by atoms with van der Waals surface area (Å²) in [7, 11) is 0. The Morgan fingerprint density at radius 2 is 1.37 bits per heavy atom. The van der Waals surface area contributed by atoms with Gasteiger partial charge in [-0.1, -0.05) is 42.0 Å². The molecule has 0 aromatic heterocycles. The molecule has 30 heavy (non-hydrogen) atoms. The van der Waals surface area contributed by atoms with Crippen LogP contribution in [0.2, 0.25) is 0 Å². The average Bonchev–Trinajstić information content (AvgIpc) is 2.70. The van der Waals surface area contributed by atoms with Gasteiger partial charge in [0.25, 0.3) is 0 Å². The van der Waals surface area contributed by atoms with Crippen molar-refractivity contribution in [1.82, 2.24) is 0 Å². The van der Waals surface area contributed by atoms with Crippen molar-refractivity contribution in [2.24, 2.45) is 11.8 Å². The molecule has 1 saturated carbocycles. The van der Waals surface area contributed by atoms with E-state index in [2.05, 4.69) is 43.3 Å². The van der Waals surface area contributed by atoms with Gasteiger partial charge in [-0.2, -0.15) is 0 Å². The smallest absolute Gasteiger partial charge is 0.148 e. The summed E-state index contributed by atoms with van der Waals surface area (Å²) < 4.78 is 5.45. The number of ether oxygens (including phenoxy) is 1. The molecule has 0 unspecified atom stereocenters. The number of benzene rings is 2. The molecule has 0 radical (unpaired) electrons. The summed E-state index contributed by atoms with van der Waals surface area (Å²) >= 11 is 0. The van der Waals surface area contributed by atoms with E-state index in [1.807, 2.05) is 13.8 Å². The topological polar surface area (TPSA) is 43.4 Å². The second-order valence-corrected chi connectivity index (χ2v) is 9.32. The van der Waals surface area contributed by atoms with Gasteiger partial charge >= 0.3 is 0 Å². The maximum absolute atomic E-state index is 13.1. The van der Waals surface area contributed by atoms with Gasteiger partial charge in [0, 0.05) is 26.1 Å². The zero-order valence-electron chi connectivity index (χ0n) is 18.4. The second kappa shape index (κ2) is 8.85. The fraction of sp³-hybridized carbons (Fsp3) is 0.481. The Kier molecular flexibility index (Phi) is 6.19. The van der Waals surface area contributed by atoms with Crippen molar-refractivity contribution in [2.75, 3.05) is 13.2 Å². The van der Waals surface area contributed by atoms with Gasteiger partial charge < -0.3 is 4.74 Å². The highest BCUT2D eigenvalue weighted by molar-refractivity contribution is 6.10. The lowest BCUT2D eigenvalue weighted by Gasteiger charge is -2.32. The Morgan fingerprint density at radius 1 is 0.800 bits per heavy atom. The molecule has 1 saturated heterocycles. The Bertz CT molecular complexity index is 894. The summed E-state index contributed by atoms with van der Waals surface area (Å²) in [6, 6.07) is 12.7. The van der Waals surface area contributed by atoms with Crippen molar-refractivity contribution < 1.29 is 14.3 Å². The minimum atomic E-state index is -0.581. The van der Waals surface area contributed by atoms with E-state index in [-0.39, 0.29) is 17.5 Å². The molecule has 2 aliphatic rings. The molecule has 0 spiro atoms. The molecule has 3 heteroatoms. The fourth-order valence-corrected chi connectivity index (χ4v) is 5.34. The van der Waals surface area contributed by atoms with Crippen molar-refractivity contribution in [3.05, 3.63) is 58.7 Å².